The van der Waals surface area contributed by atoms with Crippen LogP contribution < -0.4 is 0 Å². The molecule has 158 valence electrons. The van der Waals surface area contributed by atoms with Gasteiger partial charge in [0.05, 0.1) is 30.2 Å². The van der Waals surface area contributed by atoms with Crippen molar-refractivity contribution in [1.29, 1.82) is 0 Å². The van der Waals surface area contributed by atoms with Crippen molar-refractivity contribution in [1.82, 2.24) is 24.5 Å². The van der Waals surface area contributed by atoms with Crippen molar-refractivity contribution in [3.8, 4) is 11.4 Å². The second kappa shape index (κ2) is 9.01. The number of aromatic nitrogens is 5. The van der Waals surface area contributed by atoms with Crippen LogP contribution in [-0.2, 0) is 6.54 Å². The molecule has 8 nitrogen and oxygen atoms in total. The zero-order valence-corrected chi connectivity index (χ0v) is 18.2. The van der Waals surface area contributed by atoms with Crippen LogP contribution in [0.4, 0.5) is 11.4 Å². The van der Waals surface area contributed by atoms with E-state index in [9.17, 15) is 0 Å². The van der Waals surface area contributed by atoms with Crippen LogP contribution in [0, 0.1) is 18.6 Å². The van der Waals surface area contributed by atoms with Crippen molar-refractivity contribution in [3.05, 3.63) is 40.4 Å². The minimum Gasteiger partial charge on any atom is -0.394 e. The molecule has 0 aliphatic heterocycles. The maximum absolute atomic E-state index is 9.15. The van der Waals surface area contributed by atoms with E-state index in [2.05, 4.69) is 30.1 Å². The summed E-state index contributed by atoms with van der Waals surface area (Å²) in [6, 6.07) is 8.30. The Morgan fingerprint density at radius 3 is 2.57 bits per heavy atom. The summed E-state index contributed by atoms with van der Waals surface area (Å²) in [4.78, 5) is 0. The van der Waals surface area contributed by atoms with Gasteiger partial charge in [0.15, 0.2) is 10.6 Å². The SMILES string of the molecule is Cc1nn(CCO)c(C)c1N=Nc1ccc(-c2n[nH]c(=S)n2C2CCCCC2)cc1. The van der Waals surface area contributed by atoms with Gasteiger partial charge in [0.1, 0.15) is 5.69 Å². The molecule has 30 heavy (non-hydrogen) atoms. The number of aryl methyl sites for hydroxylation is 1. The Bertz CT molecular complexity index is 1090. The minimum absolute atomic E-state index is 0.0417. The topological polar surface area (TPSA) is 96.4 Å². The molecule has 2 N–H and O–H groups in total. The second-order valence-corrected chi connectivity index (χ2v) is 8.11. The van der Waals surface area contributed by atoms with Crippen LogP contribution in [0.15, 0.2) is 34.5 Å². The highest BCUT2D eigenvalue weighted by molar-refractivity contribution is 7.71. The first-order valence-electron chi connectivity index (χ1n) is 10.4. The summed E-state index contributed by atoms with van der Waals surface area (Å²) in [5.41, 5.74) is 4.20. The fraction of sp³-hybridized carbons (Fsp3) is 0.476. The summed E-state index contributed by atoms with van der Waals surface area (Å²) in [5, 5.41) is 29.8. The summed E-state index contributed by atoms with van der Waals surface area (Å²) in [6.07, 6.45) is 6.08. The number of aliphatic hydroxyl groups excluding tert-OH is 1. The fourth-order valence-corrected chi connectivity index (χ4v) is 4.40. The molecule has 0 amide bonds. The van der Waals surface area contributed by atoms with E-state index in [1.807, 2.05) is 38.1 Å². The number of nitrogens with zero attached hydrogens (tertiary/aromatic N) is 6. The van der Waals surface area contributed by atoms with Gasteiger partial charge in [-0.2, -0.15) is 15.3 Å². The number of H-pyrrole nitrogens is 1. The van der Waals surface area contributed by atoms with Gasteiger partial charge in [0.2, 0.25) is 0 Å². The van der Waals surface area contributed by atoms with Gasteiger partial charge >= 0.3 is 0 Å². The molecule has 0 atom stereocenters. The van der Waals surface area contributed by atoms with Gasteiger partial charge in [0, 0.05) is 11.6 Å². The van der Waals surface area contributed by atoms with Crippen LogP contribution in [0.3, 0.4) is 0 Å². The zero-order valence-electron chi connectivity index (χ0n) is 17.4. The fourth-order valence-electron chi connectivity index (χ4n) is 4.12. The number of hydrogen-bond acceptors (Lipinski definition) is 6. The summed E-state index contributed by atoms with van der Waals surface area (Å²) in [5.74, 6) is 0.882. The lowest BCUT2D eigenvalue weighted by Gasteiger charge is -2.24. The highest BCUT2D eigenvalue weighted by atomic mass is 32.1. The average molecular weight is 426 g/mol. The van der Waals surface area contributed by atoms with E-state index >= 15 is 0 Å². The van der Waals surface area contributed by atoms with E-state index in [1.54, 1.807) is 4.68 Å². The van der Waals surface area contributed by atoms with E-state index < -0.39 is 0 Å². The molecular weight excluding hydrogens is 398 g/mol. The van der Waals surface area contributed by atoms with Crippen molar-refractivity contribution >= 4 is 23.6 Å². The van der Waals surface area contributed by atoms with Crippen molar-refractivity contribution in [2.24, 2.45) is 10.2 Å². The minimum atomic E-state index is 0.0417. The Labute approximate surface area is 180 Å². The number of rotatable bonds is 6. The number of azo groups is 1. The number of hydrogen-bond donors (Lipinski definition) is 2. The van der Waals surface area contributed by atoms with Gasteiger partial charge < -0.3 is 5.11 Å². The molecule has 1 fully saturated rings. The molecule has 0 saturated heterocycles. The summed E-state index contributed by atoms with van der Waals surface area (Å²) >= 11 is 5.51. The van der Waals surface area contributed by atoms with Gasteiger partial charge in [-0.3, -0.25) is 14.3 Å². The van der Waals surface area contributed by atoms with E-state index in [1.165, 1.54) is 19.3 Å². The van der Waals surface area contributed by atoms with E-state index in [4.69, 9.17) is 17.3 Å². The first kappa shape index (κ1) is 20.6. The highest BCUT2D eigenvalue weighted by Gasteiger charge is 2.20. The predicted octanol–water partition coefficient (Wildman–Crippen LogP) is 5.33. The molecule has 1 aliphatic carbocycles. The number of aliphatic hydroxyl groups is 1. The lowest BCUT2D eigenvalue weighted by atomic mass is 9.95. The summed E-state index contributed by atoms with van der Waals surface area (Å²) in [7, 11) is 0. The van der Waals surface area contributed by atoms with Crippen LogP contribution in [0.5, 0.6) is 0 Å². The smallest absolute Gasteiger partial charge is 0.195 e. The predicted molar refractivity (Wildman–Crippen MR) is 118 cm³/mol. The monoisotopic (exact) mass is 425 g/mol. The van der Waals surface area contributed by atoms with Gasteiger partial charge in [-0.1, -0.05) is 19.3 Å². The Hall–Kier alpha value is -2.65. The Morgan fingerprint density at radius 2 is 1.87 bits per heavy atom. The van der Waals surface area contributed by atoms with E-state index in [0.717, 1.165) is 47.0 Å². The quantitative estimate of drug-likeness (QED) is 0.412. The molecule has 0 bridgehead atoms. The van der Waals surface area contributed by atoms with Crippen LogP contribution in [0.25, 0.3) is 11.4 Å². The Morgan fingerprint density at radius 1 is 1.13 bits per heavy atom. The van der Waals surface area contributed by atoms with E-state index in [0.29, 0.717) is 17.4 Å². The molecule has 9 heteroatoms. The Balaban J connectivity index is 1.56. The third-order valence-corrected chi connectivity index (χ3v) is 5.98. The van der Waals surface area contributed by atoms with Crippen molar-refractivity contribution in [2.75, 3.05) is 6.61 Å². The maximum Gasteiger partial charge on any atom is 0.195 e. The molecule has 3 aromatic rings. The molecule has 1 saturated carbocycles. The first-order chi connectivity index (χ1) is 14.6. The van der Waals surface area contributed by atoms with E-state index in [-0.39, 0.29) is 6.61 Å². The van der Waals surface area contributed by atoms with Gasteiger partial charge in [0.25, 0.3) is 0 Å². The van der Waals surface area contributed by atoms with Crippen LogP contribution in [0.2, 0.25) is 0 Å². The normalized spacial score (nSPS) is 15.3. The largest absolute Gasteiger partial charge is 0.394 e. The van der Waals surface area contributed by atoms with Crippen molar-refractivity contribution < 1.29 is 5.11 Å². The number of benzene rings is 1. The second-order valence-electron chi connectivity index (χ2n) is 7.73. The zero-order chi connectivity index (χ0) is 21.1. The molecule has 2 heterocycles. The molecule has 2 aromatic heterocycles. The number of nitrogens with one attached hydrogen (secondary N) is 1. The van der Waals surface area contributed by atoms with Crippen LogP contribution in [-0.4, -0.2) is 36.3 Å². The van der Waals surface area contributed by atoms with Crippen molar-refractivity contribution in [2.45, 2.75) is 58.5 Å². The van der Waals surface area contributed by atoms with Crippen molar-refractivity contribution in [3.63, 3.8) is 0 Å². The molecule has 1 aromatic carbocycles. The molecule has 0 unspecified atom stereocenters. The summed E-state index contributed by atoms with van der Waals surface area (Å²) < 4.78 is 4.61. The lowest BCUT2D eigenvalue weighted by Crippen LogP contribution is -2.14. The maximum atomic E-state index is 9.15. The first-order valence-corrected chi connectivity index (χ1v) is 10.8. The van der Waals surface area contributed by atoms with Crippen LogP contribution in [0.1, 0.15) is 49.5 Å². The summed E-state index contributed by atoms with van der Waals surface area (Å²) in [6.45, 7) is 4.32. The molecule has 1 aliphatic rings. The standard InChI is InChI=1S/C21H27N7OS/c1-14-19(15(2)27(26-14)12-13-29)23-22-17-10-8-16(9-11-17)20-24-25-21(30)28(20)18-6-4-3-5-7-18/h8-11,18,29H,3-7,12-13H2,1-2H3,(H,25,30). The number of aromatic amines is 1. The molecule has 0 radical (unpaired) electrons. The molecule has 0 spiro atoms. The van der Waals surface area contributed by atoms with Gasteiger partial charge in [-0.25, -0.2) is 0 Å². The third-order valence-electron chi connectivity index (χ3n) is 5.69. The third kappa shape index (κ3) is 4.13. The lowest BCUT2D eigenvalue weighted by molar-refractivity contribution is 0.268. The highest BCUT2D eigenvalue weighted by Crippen LogP contribution is 2.33. The average Bonchev–Trinajstić information content (AvgIpc) is 3.27. The van der Waals surface area contributed by atoms with Gasteiger partial charge in [-0.05, 0) is 63.2 Å². The molecular formula is C21H27N7OS. The Kier molecular flexibility index (Phi) is 6.19. The molecule has 4 rings (SSSR count). The van der Waals surface area contributed by atoms with Gasteiger partial charge in [-0.15, -0.1) is 5.11 Å². The van der Waals surface area contributed by atoms with Crippen LogP contribution >= 0.6 is 12.2 Å².